The fourth-order valence-electron chi connectivity index (χ4n) is 5.42. The molecule has 152 valence electrons. The van der Waals surface area contributed by atoms with Gasteiger partial charge >= 0.3 is 0 Å². The minimum absolute atomic E-state index is 0.578. The molecule has 2 unspecified atom stereocenters. The predicted molar refractivity (Wildman–Crippen MR) is 131 cm³/mol. The van der Waals surface area contributed by atoms with Gasteiger partial charge in [0.2, 0.25) is 0 Å². The Labute approximate surface area is 184 Å². The van der Waals surface area contributed by atoms with Crippen LogP contribution in [0.25, 0.3) is 27.5 Å². The number of rotatable bonds is 4. The first-order chi connectivity index (χ1) is 15.3. The van der Waals surface area contributed by atoms with E-state index >= 15 is 0 Å². The van der Waals surface area contributed by atoms with Gasteiger partial charge in [0.15, 0.2) is 0 Å². The minimum atomic E-state index is 0.578. The number of nitrogens with zero attached hydrogens (tertiary/aromatic N) is 1. The van der Waals surface area contributed by atoms with Crippen molar-refractivity contribution in [2.45, 2.75) is 37.9 Å². The zero-order valence-corrected chi connectivity index (χ0v) is 17.7. The third-order valence-corrected chi connectivity index (χ3v) is 7.09. The van der Waals surface area contributed by atoms with E-state index in [1.165, 1.54) is 57.9 Å². The van der Waals surface area contributed by atoms with Crippen LogP contribution in [0.5, 0.6) is 0 Å². The molecule has 6 rings (SSSR count). The van der Waals surface area contributed by atoms with E-state index in [1.54, 1.807) is 0 Å². The molecule has 0 N–H and O–H groups in total. The maximum atomic E-state index is 2.71. The van der Waals surface area contributed by atoms with Gasteiger partial charge in [0.05, 0.1) is 0 Å². The Morgan fingerprint density at radius 2 is 1.35 bits per heavy atom. The van der Waals surface area contributed by atoms with E-state index < -0.39 is 0 Å². The Hall–Kier alpha value is -3.16. The van der Waals surface area contributed by atoms with Crippen molar-refractivity contribution in [2.24, 2.45) is 0 Å². The van der Waals surface area contributed by atoms with Crippen LogP contribution in [0.1, 0.15) is 30.4 Å². The van der Waals surface area contributed by atoms with Crippen molar-refractivity contribution in [1.29, 1.82) is 0 Å². The molecular formula is C30H27N. The lowest BCUT2D eigenvalue weighted by atomic mass is 9.92. The molecule has 0 amide bonds. The van der Waals surface area contributed by atoms with E-state index in [-0.39, 0.29) is 0 Å². The Bertz CT molecular complexity index is 1240. The average Bonchev–Trinajstić information content (AvgIpc) is 3.05. The van der Waals surface area contributed by atoms with Crippen molar-refractivity contribution in [3.63, 3.8) is 0 Å². The largest absolute Gasteiger partial charge is 0.289 e. The molecule has 1 nitrogen and oxygen atoms in total. The number of fused-ring (bicyclic) bond motifs is 3. The first kappa shape index (κ1) is 18.6. The second-order valence-corrected chi connectivity index (χ2v) is 8.99. The van der Waals surface area contributed by atoms with Gasteiger partial charge in [0.25, 0.3) is 0 Å². The SMILES string of the molecule is C1=C(c2ccc(-c3ccc4ccccc4c3)cc2)CC2CCC1N2Cc1ccccc1. The van der Waals surface area contributed by atoms with Gasteiger partial charge in [-0.25, -0.2) is 0 Å². The van der Waals surface area contributed by atoms with E-state index in [1.807, 2.05) is 0 Å². The average molecular weight is 402 g/mol. The van der Waals surface area contributed by atoms with E-state index in [9.17, 15) is 0 Å². The molecule has 2 heterocycles. The molecule has 0 aliphatic carbocycles. The molecule has 2 aliphatic heterocycles. The quantitative estimate of drug-likeness (QED) is 0.346. The molecule has 1 fully saturated rings. The molecule has 0 saturated carbocycles. The molecule has 1 heteroatoms. The standard InChI is InChI=1S/C30H27N/c1-2-6-22(7-3-1)21-31-29-16-17-30(31)20-28(19-29)25-12-10-24(11-13-25)27-15-14-23-8-4-5-9-26(23)18-27/h1-15,18-19,29-30H,16-17,20-21H2. The summed E-state index contributed by atoms with van der Waals surface area (Å²) in [6, 6.07) is 36.7. The molecule has 2 atom stereocenters. The van der Waals surface area contributed by atoms with Crippen LogP contribution in [0.2, 0.25) is 0 Å². The summed E-state index contributed by atoms with van der Waals surface area (Å²) in [6.07, 6.45) is 6.30. The summed E-state index contributed by atoms with van der Waals surface area (Å²) in [4.78, 5) is 2.71. The Morgan fingerprint density at radius 3 is 2.16 bits per heavy atom. The van der Waals surface area contributed by atoms with E-state index in [2.05, 4.69) is 108 Å². The molecule has 0 spiro atoms. The van der Waals surface area contributed by atoms with Crippen LogP contribution >= 0.6 is 0 Å². The van der Waals surface area contributed by atoms with Gasteiger partial charge < -0.3 is 0 Å². The van der Waals surface area contributed by atoms with Gasteiger partial charge in [-0.15, -0.1) is 0 Å². The lowest BCUT2D eigenvalue weighted by molar-refractivity contribution is 0.203. The van der Waals surface area contributed by atoms with Gasteiger partial charge in [-0.05, 0) is 63.9 Å². The van der Waals surface area contributed by atoms with Gasteiger partial charge in [-0.3, -0.25) is 4.90 Å². The molecule has 2 aliphatic rings. The van der Waals surface area contributed by atoms with Crippen molar-refractivity contribution in [3.8, 4) is 11.1 Å². The second-order valence-electron chi connectivity index (χ2n) is 8.99. The van der Waals surface area contributed by atoms with E-state index in [0.29, 0.717) is 12.1 Å². The first-order valence-electron chi connectivity index (χ1n) is 11.4. The topological polar surface area (TPSA) is 3.24 Å². The lowest BCUT2D eigenvalue weighted by Crippen LogP contribution is -2.37. The maximum Gasteiger partial charge on any atom is 0.0291 e. The van der Waals surface area contributed by atoms with Crippen LogP contribution in [0, 0.1) is 0 Å². The summed E-state index contributed by atoms with van der Waals surface area (Å²) in [5, 5.41) is 2.60. The summed E-state index contributed by atoms with van der Waals surface area (Å²) < 4.78 is 0. The maximum absolute atomic E-state index is 2.71. The van der Waals surface area contributed by atoms with Crippen LogP contribution in [-0.2, 0) is 6.54 Å². The molecule has 1 saturated heterocycles. The summed E-state index contributed by atoms with van der Waals surface area (Å²) in [6.45, 7) is 1.07. The van der Waals surface area contributed by atoms with Crippen LogP contribution in [0.3, 0.4) is 0 Å². The molecule has 2 bridgehead atoms. The van der Waals surface area contributed by atoms with Crippen molar-refractivity contribution in [3.05, 3.63) is 114 Å². The third-order valence-electron chi connectivity index (χ3n) is 7.09. The highest BCUT2D eigenvalue weighted by molar-refractivity contribution is 5.87. The van der Waals surface area contributed by atoms with Crippen molar-refractivity contribution < 1.29 is 0 Å². The minimum Gasteiger partial charge on any atom is -0.289 e. The first-order valence-corrected chi connectivity index (χ1v) is 11.4. The fraction of sp³-hybridized carbons (Fsp3) is 0.200. The highest BCUT2D eigenvalue weighted by atomic mass is 15.2. The highest BCUT2D eigenvalue weighted by Gasteiger charge is 2.36. The molecular weight excluding hydrogens is 374 g/mol. The summed E-state index contributed by atoms with van der Waals surface area (Å²) in [5.41, 5.74) is 6.93. The van der Waals surface area contributed by atoms with Crippen molar-refractivity contribution in [1.82, 2.24) is 4.90 Å². The number of hydrogen-bond donors (Lipinski definition) is 0. The zero-order valence-electron chi connectivity index (χ0n) is 17.7. The molecule has 4 aromatic rings. The molecule has 4 aromatic carbocycles. The Kier molecular flexibility index (Phi) is 4.70. The lowest BCUT2D eigenvalue weighted by Gasteiger charge is -2.34. The molecule has 31 heavy (non-hydrogen) atoms. The highest BCUT2D eigenvalue weighted by Crippen LogP contribution is 2.39. The van der Waals surface area contributed by atoms with Crippen LogP contribution in [0.15, 0.2) is 103 Å². The number of hydrogen-bond acceptors (Lipinski definition) is 1. The van der Waals surface area contributed by atoms with Gasteiger partial charge in [0.1, 0.15) is 0 Å². The van der Waals surface area contributed by atoms with Gasteiger partial charge in [-0.2, -0.15) is 0 Å². The monoisotopic (exact) mass is 401 g/mol. The van der Waals surface area contributed by atoms with E-state index in [4.69, 9.17) is 0 Å². The van der Waals surface area contributed by atoms with Gasteiger partial charge in [0, 0.05) is 18.6 Å². The summed E-state index contributed by atoms with van der Waals surface area (Å²) in [5.74, 6) is 0. The Balaban J connectivity index is 1.23. The Morgan fingerprint density at radius 1 is 0.645 bits per heavy atom. The third kappa shape index (κ3) is 3.60. The van der Waals surface area contributed by atoms with Crippen molar-refractivity contribution >= 4 is 16.3 Å². The zero-order chi connectivity index (χ0) is 20.6. The summed E-state index contributed by atoms with van der Waals surface area (Å²) >= 11 is 0. The second kappa shape index (κ2) is 7.83. The molecule has 0 aromatic heterocycles. The predicted octanol–water partition coefficient (Wildman–Crippen LogP) is 7.33. The van der Waals surface area contributed by atoms with Crippen LogP contribution in [-0.4, -0.2) is 17.0 Å². The number of benzene rings is 4. The molecule has 0 radical (unpaired) electrons. The van der Waals surface area contributed by atoms with Crippen LogP contribution in [0.4, 0.5) is 0 Å². The van der Waals surface area contributed by atoms with Gasteiger partial charge in [-0.1, -0.05) is 97.1 Å². The summed E-state index contributed by atoms with van der Waals surface area (Å²) in [7, 11) is 0. The smallest absolute Gasteiger partial charge is 0.0291 e. The van der Waals surface area contributed by atoms with E-state index in [0.717, 1.165) is 6.54 Å². The normalized spacial score (nSPS) is 20.7. The van der Waals surface area contributed by atoms with Crippen LogP contribution < -0.4 is 0 Å². The van der Waals surface area contributed by atoms with Crippen molar-refractivity contribution in [2.75, 3.05) is 0 Å². The fourth-order valence-corrected chi connectivity index (χ4v) is 5.42.